The van der Waals surface area contributed by atoms with Crippen molar-refractivity contribution in [2.45, 2.75) is 33.4 Å². The van der Waals surface area contributed by atoms with Gasteiger partial charge in [-0.15, -0.1) is 0 Å². The Labute approximate surface area is 149 Å². The molecule has 0 aliphatic carbocycles. The van der Waals surface area contributed by atoms with E-state index in [4.69, 9.17) is 9.47 Å². The van der Waals surface area contributed by atoms with Crippen molar-refractivity contribution in [2.75, 3.05) is 13.7 Å². The minimum Gasteiger partial charge on any atom is -0.496 e. The second-order valence-corrected chi connectivity index (χ2v) is 6.07. The minimum atomic E-state index is -0.233. The number of rotatable bonds is 7. The maximum absolute atomic E-state index is 12.1. The van der Waals surface area contributed by atoms with Crippen molar-refractivity contribution in [3.05, 3.63) is 59.2 Å². The Morgan fingerprint density at radius 3 is 2.44 bits per heavy atom. The molecule has 0 saturated carbocycles. The lowest BCUT2D eigenvalue weighted by Gasteiger charge is -2.18. The summed E-state index contributed by atoms with van der Waals surface area (Å²) in [7, 11) is 1.62. The van der Waals surface area contributed by atoms with Crippen LogP contribution in [0.15, 0.2) is 42.5 Å². The third-order valence-corrected chi connectivity index (χ3v) is 3.90. The van der Waals surface area contributed by atoms with Crippen LogP contribution in [0.5, 0.6) is 11.5 Å². The highest BCUT2D eigenvalue weighted by molar-refractivity contribution is 5.74. The first-order chi connectivity index (χ1) is 12.0. The number of carbonyl (C=O) groups excluding carboxylic acids is 1. The number of methoxy groups -OCH3 is 1. The zero-order valence-electron chi connectivity index (χ0n) is 15.3. The van der Waals surface area contributed by atoms with Gasteiger partial charge in [-0.25, -0.2) is 4.79 Å². The van der Waals surface area contributed by atoms with E-state index in [0.29, 0.717) is 13.2 Å². The Morgan fingerprint density at radius 1 is 1.08 bits per heavy atom. The fourth-order valence-corrected chi connectivity index (χ4v) is 2.58. The van der Waals surface area contributed by atoms with E-state index >= 15 is 0 Å². The average molecular weight is 342 g/mol. The summed E-state index contributed by atoms with van der Waals surface area (Å²) in [5.41, 5.74) is 3.11. The third-order valence-electron chi connectivity index (χ3n) is 3.90. The van der Waals surface area contributed by atoms with Gasteiger partial charge in [-0.05, 0) is 38.0 Å². The summed E-state index contributed by atoms with van der Waals surface area (Å²) < 4.78 is 11.1. The summed E-state index contributed by atoms with van der Waals surface area (Å²) in [6, 6.07) is 13.3. The van der Waals surface area contributed by atoms with Gasteiger partial charge in [-0.3, -0.25) is 0 Å². The molecule has 2 amide bonds. The molecule has 0 bridgehead atoms. The van der Waals surface area contributed by atoms with Crippen molar-refractivity contribution in [1.82, 2.24) is 10.6 Å². The zero-order chi connectivity index (χ0) is 18.2. The molecule has 1 atom stereocenters. The van der Waals surface area contributed by atoms with Gasteiger partial charge in [0.15, 0.2) is 0 Å². The van der Waals surface area contributed by atoms with Crippen LogP contribution in [-0.4, -0.2) is 25.8 Å². The zero-order valence-corrected chi connectivity index (χ0v) is 15.3. The van der Waals surface area contributed by atoms with Gasteiger partial charge in [0.25, 0.3) is 0 Å². The number of nitrogens with one attached hydrogen (secondary N) is 2. The van der Waals surface area contributed by atoms with Gasteiger partial charge in [-0.1, -0.05) is 36.4 Å². The molecule has 2 aromatic carbocycles. The van der Waals surface area contributed by atoms with E-state index in [1.807, 2.05) is 63.2 Å². The Morgan fingerprint density at radius 2 is 1.76 bits per heavy atom. The van der Waals surface area contributed by atoms with E-state index < -0.39 is 0 Å². The molecule has 0 aliphatic rings. The molecule has 0 saturated heterocycles. The van der Waals surface area contributed by atoms with Gasteiger partial charge >= 0.3 is 6.03 Å². The van der Waals surface area contributed by atoms with Gasteiger partial charge in [0.2, 0.25) is 0 Å². The van der Waals surface area contributed by atoms with Crippen LogP contribution in [0.4, 0.5) is 4.79 Å². The fraction of sp³-hybridized carbons (Fsp3) is 0.350. The predicted octanol–water partition coefficient (Wildman–Crippen LogP) is 3.58. The maximum Gasteiger partial charge on any atom is 0.315 e. The second-order valence-electron chi connectivity index (χ2n) is 6.07. The number of hydrogen-bond donors (Lipinski definition) is 2. The number of amides is 2. The molecule has 2 aromatic rings. The molecule has 5 heteroatoms. The van der Waals surface area contributed by atoms with Crippen LogP contribution in [0, 0.1) is 13.8 Å². The van der Waals surface area contributed by atoms with E-state index in [0.717, 1.165) is 28.2 Å². The Balaban J connectivity index is 1.80. The molecule has 0 aliphatic heterocycles. The maximum atomic E-state index is 12.1. The molecule has 0 spiro atoms. The van der Waals surface area contributed by atoms with Crippen LogP contribution >= 0.6 is 0 Å². The summed E-state index contributed by atoms with van der Waals surface area (Å²) in [6.45, 7) is 6.76. The van der Waals surface area contributed by atoms with Crippen molar-refractivity contribution in [1.29, 1.82) is 0 Å². The molecule has 0 fully saturated rings. The largest absolute Gasteiger partial charge is 0.496 e. The summed E-state index contributed by atoms with van der Waals surface area (Å²) in [5, 5.41) is 5.72. The monoisotopic (exact) mass is 342 g/mol. The molecule has 25 heavy (non-hydrogen) atoms. The number of hydrogen-bond acceptors (Lipinski definition) is 3. The number of benzene rings is 2. The van der Waals surface area contributed by atoms with Crippen molar-refractivity contribution < 1.29 is 14.3 Å². The topological polar surface area (TPSA) is 59.6 Å². The van der Waals surface area contributed by atoms with Crippen LogP contribution in [0.3, 0.4) is 0 Å². The van der Waals surface area contributed by atoms with Gasteiger partial charge < -0.3 is 20.1 Å². The van der Waals surface area contributed by atoms with Crippen molar-refractivity contribution in [3.63, 3.8) is 0 Å². The predicted molar refractivity (Wildman–Crippen MR) is 99.2 cm³/mol. The third kappa shape index (κ3) is 5.41. The standard InChI is InChI=1S/C20H26N2O3/c1-14-8-7-9-15(2)19(14)25-13-16(3)22-20(23)21-12-17-10-5-6-11-18(17)24-4/h5-11,16H,12-13H2,1-4H3,(H2,21,22,23). The highest BCUT2D eigenvalue weighted by Gasteiger charge is 2.10. The number of para-hydroxylation sites is 2. The number of ether oxygens (including phenoxy) is 2. The molecular formula is C20H26N2O3. The Kier molecular flexibility index (Phi) is 6.69. The number of aryl methyl sites for hydroxylation is 2. The minimum absolute atomic E-state index is 0.114. The van der Waals surface area contributed by atoms with Gasteiger partial charge in [0.05, 0.1) is 13.2 Å². The number of carbonyl (C=O) groups is 1. The highest BCUT2D eigenvalue weighted by Crippen LogP contribution is 2.22. The lowest BCUT2D eigenvalue weighted by molar-refractivity contribution is 0.225. The van der Waals surface area contributed by atoms with Gasteiger partial charge in [-0.2, -0.15) is 0 Å². The van der Waals surface area contributed by atoms with Crippen LogP contribution < -0.4 is 20.1 Å². The second kappa shape index (κ2) is 8.97. The van der Waals surface area contributed by atoms with Gasteiger partial charge in [0, 0.05) is 12.1 Å². The smallest absolute Gasteiger partial charge is 0.315 e. The van der Waals surface area contributed by atoms with Crippen LogP contribution in [0.2, 0.25) is 0 Å². The van der Waals surface area contributed by atoms with E-state index in [9.17, 15) is 4.79 Å². The van der Waals surface area contributed by atoms with E-state index in [2.05, 4.69) is 10.6 Å². The molecule has 0 radical (unpaired) electrons. The van der Waals surface area contributed by atoms with E-state index in [1.54, 1.807) is 7.11 Å². The first-order valence-corrected chi connectivity index (χ1v) is 8.36. The van der Waals surface area contributed by atoms with Crippen LogP contribution in [0.25, 0.3) is 0 Å². The lowest BCUT2D eigenvalue weighted by atomic mass is 10.1. The molecular weight excluding hydrogens is 316 g/mol. The summed E-state index contributed by atoms with van der Waals surface area (Å²) in [4.78, 5) is 12.1. The Bertz CT molecular complexity index is 696. The highest BCUT2D eigenvalue weighted by atomic mass is 16.5. The number of urea groups is 1. The quantitative estimate of drug-likeness (QED) is 0.808. The normalized spacial score (nSPS) is 11.5. The Hall–Kier alpha value is -2.69. The molecule has 0 heterocycles. The first-order valence-electron chi connectivity index (χ1n) is 8.36. The summed E-state index contributed by atoms with van der Waals surface area (Å²) in [6.07, 6.45) is 0. The van der Waals surface area contributed by atoms with Crippen molar-refractivity contribution in [2.24, 2.45) is 0 Å². The van der Waals surface area contributed by atoms with Crippen LogP contribution in [-0.2, 0) is 6.54 Å². The molecule has 0 aromatic heterocycles. The van der Waals surface area contributed by atoms with Crippen molar-refractivity contribution >= 4 is 6.03 Å². The van der Waals surface area contributed by atoms with E-state index in [1.165, 1.54) is 0 Å². The summed E-state index contributed by atoms with van der Waals surface area (Å²) >= 11 is 0. The molecule has 2 rings (SSSR count). The lowest BCUT2D eigenvalue weighted by Crippen LogP contribution is -2.43. The molecule has 1 unspecified atom stereocenters. The van der Waals surface area contributed by atoms with Crippen molar-refractivity contribution in [3.8, 4) is 11.5 Å². The first kappa shape index (κ1) is 18.6. The average Bonchev–Trinajstić information content (AvgIpc) is 2.59. The molecule has 2 N–H and O–H groups in total. The molecule has 5 nitrogen and oxygen atoms in total. The fourth-order valence-electron chi connectivity index (χ4n) is 2.58. The van der Waals surface area contributed by atoms with Crippen LogP contribution in [0.1, 0.15) is 23.6 Å². The van der Waals surface area contributed by atoms with E-state index in [-0.39, 0.29) is 12.1 Å². The summed E-state index contributed by atoms with van der Waals surface area (Å²) in [5.74, 6) is 1.64. The SMILES string of the molecule is COc1ccccc1CNC(=O)NC(C)COc1c(C)cccc1C. The molecule has 134 valence electrons. The van der Waals surface area contributed by atoms with Gasteiger partial charge in [0.1, 0.15) is 18.1 Å².